The molecule has 2 fully saturated rings. The number of amides is 2. The number of benzene rings is 3. The monoisotopic (exact) mass is 501 g/mol. The summed E-state index contributed by atoms with van der Waals surface area (Å²) < 4.78 is 11.8. The number of carbonyl (C=O) groups excluding carboxylic acids is 4. The molecule has 2 heterocycles. The van der Waals surface area contributed by atoms with Crippen molar-refractivity contribution in [1.82, 2.24) is 0 Å². The molecular weight excluding hydrogens is 482 g/mol. The lowest BCUT2D eigenvalue weighted by Gasteiger charge is -2.27. The molecule has 7 nitrogen and oxygen atoms in total. The molecule has 0 aromatic heterocycles. The van der Waals surface area contributed by atoms with Gasteiger partial charge in [0.25, 0.3) is 0 Å². The van der Waals surface area contributed by atoms with E-state index in [9.17, 15) is 19.2 Å². The molecule has 2 amide bonds. The number of fused-ring (bicyclic) bond motifs is 3. The molecule has 3 aromatic carbocycles. The molecule has 3 atom stereocenters. The van der Waals surface area contributed by atoms with Crippen molar-refractivity contribution in [3.8, 4) is 5.75 Å². The molecule has 8 heteroatoms. The standard InChI is InChI=1S/C28H20ClNO6/c1-14-7-10-16(11-8-14)30-26(33)21-22(27(30)34)28(24(31)17-5-3-4-6-18(17)25(28)32)36-23(21)19-13-15(29)9-12-20(19)35-2/h3-13,21-23H,1-2H3/t21-,22-,23-/m0/s1. The van der Waals surface area contributed by atoms with E-state index in [-0.39, 0.29) is 11.1 Å². The number of imide groups is 1. The van der Waals surface area contributed by atoms with E-state index in [1.54, 1.807) is 54.6 Å². The first-order valence-corrected chi connectivity index (χ1v) is 11.8. The number of Topliss-reactive ketones (excluding diaryl/α,β-unsaturated/α-hetero) is 2. The molecule has 3 aromatic rings. The van der Waals surface area contributed by atoms with Crippen molar-refractivity contribution in [1.29, 1.82) is 0 Å². The van der Waals surface area contributed by atoms with Gasteiger partial charge in [0.2, 0.25) is 29.0 Å². The summed E-state index contributed by atoms with van der Waals surface area (Å²) in [5, 5.41) is 0.353. The van der Waals surface area contributed by atoms with Crippen LogP contribution >= 0.6 is 11.6 Å². The van der Waals surface area contributed by atoms with Gasteiger partial charge in [-0.15, -0.1) is 0 Å². The highest BCUT2D eigenvalue weighted by Crippen LogP contribution is 2.58. The second-order valence-corrected chi connectivity index (χ2v) is 9.65. The zero-order valence-electron chi connectivity index (χ0n) is 19.4. The first kappa shape index (κ1) is 22.6. The molecule has 0 unspecified atom stereocenters. The van der Waals surface area contributed by atoms with Crippen LogP contribution in [0.25, 0.3) is 0 Å². The van der Waals surface area contributed by atoms with Crippen LogP contribution in [0.1, 0.15) is 37.9 Å². The summed E-state index contributed by atoms with van der Waals surface area (Å²) in [5.41, 5.74) is -0.0925. The molecule has 2 saturated heterocycles. The van der Waals surface area contributed by atoms with E-state index in [1.807, 2.05) is 6.92 Å². The van der Waals surface area contributed by atoms with Gasteiger partial charge < -0.3 is 9.47 Å². The number of aryl methyl sites for hydroxylation is 1. The quantitative estimate of drug-likeness (QED) is 0.391. The maximum Gasteiger partial charge on any atom is 0.241 e. The molecule has 0 radical (unpaired) electrons. The Morgan fingerprint density at radius 2 is 1.53 bits per heavy atom. The Labute approximate surface area is 211 Å². The topological polar surface area (TPSA) is 90.0 Å². The third-order valence-electron chi connectivity index (χ3n) is 7.31. The Hall–Kier alpha value is -3.81. The van der Waals surface area contributed by atoms with E-state index < -0.39 is 46.9 Å². The van der Waals surface area contributed by atoms with E-state index in [1.165, 1.54) is 19.2 Å². The third-order valence-corrected chi connectivity index (χ3v) is 7.54. The van der Waals surface area contributed by atoms with Crippen molar-refractivity contribution in [2.24, 2.45) is 11.8 Å². The predicted molar refractivity (Wildman–Crippen MR) is 130 cm³/mol. The number of hydrogen-bond acceptors (Lipinski definition) is 6. The second kappa shape index (κ2) is 7.85. The van der Waals surface area contributed by atoms with Crippen molar-refractivity contribution in [2.75, 3.05) is 12.0 Å². The highest BCUT2D eigenvalue weighted by molar-refractivity contribution is 6.37. The molecule has 2 aliphatic heterocycles. The van der Waals surface area contributed by atoms with Gasteiger partial charge in [-0.1, -0.05) is 53.6 Å². The van der Waals surface area contributed by atoms with Gasteiger partial charge in [0.1, 0.15) is 11.9 Å². The molecule has 1 spiro atoms. The average molecular weight is 502 g/mol. The number of halogens is 1. The Balaban J connectivity index is 1.57. The Kier molecular flexibility index (Phi) is 4.94. The Morgan fingerprint density at radius 3 is 2.14 bits per heavy atom. The van der Waals surface area contributed by atoms with Crippen LogP contribution in [0.5, 0.6) is 5.75 Å². The number of ether oxygens (including phenoxy) is 2. The van der Waals surface area contributed by atoms with Gasteiger partial charge in [-0.3, -0.25) is 19.2 Å². The second-order valence-electron chi connectivity index (χ2n) is 9.22. The van der Waals surface area contributed by atoms with Crippen LogP contribution in [0, 0.1) is 18.8 Å². The summed E-state index contributed by atoms with van der Waals surface area (Å²) in [6.07, 6.45) is -1.11. The number of anilines is 1. The molecule has 3 aliphatic rings. The minimum Gasteiger partial charge on any atom is -0.496 e. The van der Waals surface area contributed by atoms with Crippen LogP contribution in [0.15, 0.2) is 66.7 Å². The maximum absolute atomic E-state index is 13.9. The number of nitrogens with zero attached hydrogens (tertiary/aromatic N) is 1. The molecule has 0 saturated carbocycles. The van der Waals surface area contributed by atoms with E-state index in [2.05, 4.69) is 0 Å². The van der Waals surface area contributed by atoms with Crippen LogP contribution in [-0.2, 0) is 14.3 Å². The summed E-state index contributed by atoms with van der Waals surface area (Å²) in [5.74, 6) is -4.53. The highest BCUT2D eigenvalue weighted by Gasteiger charge is 2.75. The molecule has 0 bridgehead atoms. The van der Waals surface area contributed by atoms with Crippen LogP contribution < -0.4 is 9.64 Å². The largest absolute Gasteiger partial charge is 0.496 e. The Morgan fingerprint density at radius 1 is 0.889 bits per heavy atom. The third kappa shape index (κ3) is 2.84. The molecule has 1 aliphatic carbocycles. The number of hydrogen-bond donors (Lipinski definition) is 0. The fraction of sp³-hybridized carbons (Fsp3) is 0.214. The first-order chi connectivity index (χ1) is 17.3. The molecule has 6 rings (SSSR count). The summed E-state index contributed by atoms with van der Waals surface area (Å²) >= 11 is 6.27. The summed E-state index contributed by atoms with van der Waals surface area (Å²) in [7, 11) is 1.46. The van der Waals surface area contributed by atoms with Gasteiger partial charge >= 0.3 is 0 Å². The molecule has 0 N–H and O–H groups in total. The van der Waals surface area contributed by atoms with Gasteiger partial charge in [0.15, 0.2) is 0 Å². The van der Waals surface area contributed by atoms with E-state index in [4.69, 9.17) is 21.1 Å². The summed E-state index contributed by atoms with van der Waals surface area (Å²) in [4.78, 5) is 56.6. The van der Waals surface area contributed by atoms with Crippen LogP contribution in [0.3, 0.4) is 0 Å². The van der Waals surface area contributed by atoms with Gasteiger partial charge in [0.05, 0.1) is 24.6 Å². The van der Waals surface area contributed by atoms with E-state index in [0.29, 0.717) is 22.0 Å². The van der Waals surface area contributed by atoms with Gasteiger partial charge in [-0.2, -0.15) is 0 Å². The van der Waals surface area contributed by atoms with Crippen LogP contribution in [0.2, 0.25) is 5.02 Å². The lowest BCUT2D eigenvalue weighted by Crippen LogP contribution is -2.51. The summed E-state index contributed by atoms with van der Waals surface area (Å²) in [6, 6.07) is 18.1. The van der Waals surface area contributed by atoms with Gasteiger partial charge in [-0.05, 0) is 37.3 Å². The number of ketones is 2. The number of carbonyl (C=O) groups is 4. The minimum absolute atomic E-state index is 0.175. The SMILES string of the molecule is COc1ccc(Cl)cc1[C@@H]1OC2(C(=O)c3ccccc3C2=O)[C@@H]2C(=O)N(c3ccc(C)cc3)C(=O)[C@@H]21. The van der Waals surface area contributed by atoms with Crippen molar-refractivity contribution in [2.45, 2.75) is 18.6 Å². The fourth-order valence-electron chi connectivity index (χ4n) is 5.68. The number of rotatable bonds is 3. The molecule has 180 valence electrons. The van der Waals surface area contributed by atoms with Crippen LogP contribution in [-0.4, -0.2) is 36.1 Å². The van der Waals surface area contributed by atoms with Crippen molar-refractivity contribution in [3.05, 3.63) is 94.0 Å². The van der Waals surface area contributed by atoms with Gasteiger partial charge in [0, 0.05) is 21.7 Å². The van der Waals surface area contributed by atoms with Crippen molar-refractivity contribution < 1.29 is 28.7 Å². The smallest absolute Gasteiger partial charge is 0.241 e. The molecular formula is C28H20ClNO6. The predicted octanol–water partition coefficient (Wildman–Crippen LogP) is 4.35. The molecule has 36 heavy (non-hydrogen) atoms. The van der Waals surface area contributed by atoms with Gasteiger partial charge in [-0.25, -0.2) is 4.90 Å². The fourth-order valence-corrected chi connectivity index (χ4v) is 5.86. The average Bonchev–Trinajstić information content (AvgIpc) is 3.45. The zero-order chi connectivity index (χ0) is 25.4. The first-order valence-electron chi connectivity index (χ1n) is 11.4. The van der Waals surface area contributed by atoms with Crippen LogP contribution in [0.4, 0.5) is 5.69 Å². The lowest BCUT2D eigenvalue weighted by molar-refractivity contribution is -0.127. The minimum atomic E-state index is -2.15. The normalized spacial score (nSPS) is 24.0. The van der Waals surface area contributed by atoms with E-state index in [0.717, 1.165) is 10.5 Å². The zero-order valence-corrected chi connectivity index (χ0v) is 20.1. The highest BCUT2D eigenvalue weighted by atomic mass is 35.5. The summed E-state index contributed by atoms with van der Waals surface area (Å²) in [6.45, 7) is 1.89. The van der Waals surface area contributed by atoms with Crippen molar-refractivity contribution >= 4 is 40.7 Å². The van der Waals surface area contributed by atoms with Crippen molar-refractivity contribution in [3.63, 3.8) is 0 Å². The maximum atomic E-state index is 13.9. The lowest BCUT2D eigenvalue weighted by atomic mass is 9.77. The number of methoxy groups -OCH3 is 1. The Bertz CT molecular complexity index is 1440. The van der Waals surface area contributed by atoms with E-state index >= 15 is 0 Å².